The molecule has 0 radical (unpaired) electrons. The molecule has 0 amide bonds. The first-order valence-electron chi connectivity index (χ1n) is 5.75. The van der Waals surface area contributed by atoms with E-state index in [2.05, 4.69) is 44.4 Å². The van der Waals surface area contributed by atoms with Crippen molar-refractivity contribution in [3.05, 3.63) is 30.2 Å². The molecule has 1 aromatic carbocycles. The summed E-state index contributed by atoms with van der Waals surface area (Å²) < 4.78 is 0. The van der Waals surface area contributed by atoms with Crippen LogP contribution in [0.3, 0.4) is 0 Å². The number of aromatic nitrogens is 6. The Balaban J connectivity index is 2.23. The number of rotatable bonds is 2. The Morgan fingerprint density at radius 2 is 2.11 bits per heavy atom. The number of nitrogens with one attached hydrogen (secondary N) is 1. The molecule has 6 heteroatoms. The average Bonchev–Trinajstić information content (AvgIpc) is 2.91. The van der Waals surface area contributed by atoms with E-state index < -0.39 is 0 Å². The molecule has 0 fully saturated rings. The van der Waals surface area contributed by atoms with E-state index in [0.29, 0.717) is 11.7 Å². The molecule has 2 aromatic heterocycles. The molecule has 0 saturated heterocycles. The zero-order chi connectivity index (χ0) is 12.5. The van der Waals surface area contributed by atoms with E-state index in [0.717, 1.165) is 22.3 Å². The van der Waals surface area contributed by atoms with Crippen molar-refractivity contribution >= 4 is 10.9 Å². The molecule has 0 spiro atoms. The first-order chi connectivity index (χ1) is 8.75. The highest BCUT2D eigenvalue weighted by Gasteiger charge is 2.10. The van der Waals surface area contributed by atoms with Crippen molar-refractivity contribution in [2.24, 2.45) is 0 Å². The predicted molar refractivity (Wildman–Crippen MR) is 66.8 cm³/mol. The normalized spacial score (nSPS) is 11.3. The fourth-order valence-corrected chi connectivity index (χ4v) is 1.82. The zero-order valence-corrected chi connectivity index (χ0v) is 10.1. The molecule has 3 rings (SSSR count). The van der Waals surface area contributed by atoms with Crippen molar-refractivity contribution < 1.29 is 0 Å². The highest BCUT2D eigenvalue weighted by molar-refractivity contribution is 5.91. The van der Waals surface area contributed by atoms with Crippen molar-refractivity contribution in [2.75, 3.05) is 0 Å². The van der Waals surface area contributed by atoms with Gasteiger partial charge in [-0.05, 0) is 11.3 Å². The monoisotopic (exact) mass is 240 g/mol. The van der Waals surface area contributed by atoms with Gasteiger partial charge in [-0.3, -0.25) is 0 Å². The summed E-state index contributed by atoms with van der Waals surface area (Å²) >= 11 is 0. The van der Waals surface area contributed by atoms with Gasteiger partial charge >= 0.3 is 0 Å². The molecule has 0 aliphatic carbocycles. The van der Waals surface area contributed by atoms with Gasteiger partial charge in [0.25, 0.3) is 0 Å². The number of nitrogens with zero attached hydrogens (tertiary/aromatic N) is 5. The van der Waals surface area contributed by atoms with Gasteiger partial charge in [-0.15, -0.1) is 10.2 Å². The van der Waals surface area contributed by atoms with E-state index in [4.69, 9.17) is 0 Å². The molecule has 0 aliphatic heterocycles. The lowest BCUT2D eigenvalue weighted by molar-refractivity contribution is 0.783. The van der Waals surface area contributed by atoms with Gasteiger partial charge in [0.05, 0.1) is 5.52 Å². The Bertz CT molecular complexity index is 674. The minimum Gasteiger partial charge on any atom is -0.240 e. The van der Waals surface area contributed by atoms with Gasteiger partial charge in [-0.1, -0.05) is 26.0 Å². The quantitative estimate of drug-likeness (QED) is 0.740. The summed E-state index contributed by atoms with van der Waals surface area (Å²) in [5.74, 6) is 1.71. The third-order valence-electron chi connectivity index (χ3n) is 2.75. The lowest BCUT2D eigenvalue weighted by atomic mass is 10.1. The van der Waals surface area contributed by atoms with Crippen LogP contribution in [0.5, 0.6) is 0 Å². The van der Waals surface area contributed by atoms with Crippen LogP contribution in [0.2, 0.25) is 0 Å². The minimum absolute atomic E-state index is 0.309. The number of hydrogen-bond donors (Lipinski definition) is 1. The Kier molecular flexibility index (Phi) is 2.47. The fraction of sp³-hybridized carbons (Fsp3) is 0.250. The molecule has 0 unspecified atom stereocenters. The van der Waals surface area contributed by atoms with Crippen LogP contribution in [-0.2, 0) is 0 Å². The topological polar surface area (TPSA) is 80.2 Å². The molecule has 0 aliphatic rings. The Morgan fingerprint density at radius 3 is 2.83 bits per heavy atom. The van der Waals surface area contributed by atoms with Crippen molar-refractivity contribution in [1.29, 1.82) is 0 Å². The standard InChI is InChI=1S/C12H12N6/c1-7(2)11-13-6-9-8(12-15-17-18-16-12)4-3-5-10(9)14-11/h3-7H,1-2H3,(H,15,16,17,18). The summed E-state index contributed by atoms with van der Waals surface area (Å²) in [6.45, 7) is 4.15. The number of fused-ring (bicyclic) bond motifs is 1. The summed E-state index contributed by atoms with van der Waals surface area (Å²) in [6, 6.07) is 5.84. The molecular formula is C12H12N6. The third-order valence-corrected chi connectivity index (χ3v) is 2.75. The number of benzene rings is 1. The maximum absolute atomic E-state index is 4.55. The van der Waals surface area contributed by atoms with Gasteiger partial charge in [0.1, 0.15) is 5.82 Å². The maximum atomic E-state index is 4.55. The summed E-state index contributed by atoms with van der Waals surface area (Å²) in [5, 5.41) is 14.9. The Labute approximate surface area is 103 Å². The summed E-state index contributed by atoms with van der Waals surface area (Å²) in [5.41, 5.74) is 1.78. The number of H-pyrrole nitrogens is 1. The molecule has 18 heavy (non-hydrogen) atoms. The van der Waals surface area contributed by atoms with Crippen LogP contribution in [-0.4, -0.2) is 30.6 Å². The largest absolute Gasteiger partial charge is 0.240 e. The van der Waals surface area contributed by atoms with Crippen molar-refractivity contribution in [3.8, 4) is 11.4 Å². The van der Waals surface area contributed by atoms with Crippen LogP contribution in [0.15, 0.2) is 24.4 Å². The molecular weight excluding hydrogens is 228 g/mol. The highest BCUT2D eigenvalue weighted by Crippen LogP contribution is 2.24. The second-order valence-corrected chi connectivity index (χ2v) is 4.36. The molecule has 2 heterocycles. The van der Waals surface area contributed by atoms with Crippen LogP contribution < -0.4 is 0 Å². The molecule has 6 nitrogen and oxygen atoms in total. The van der Waals surface area contributed by atoms with Gasteiger partial charge in [-0.25, -0.2) is 9.97 Å². The van der Waals surface area contributed by atoms with E-state index in [1.165, 1.54) is 0 Å². The lowest BCUT2D eigenvalue weighted by Crippen LogP contribution is -1.97. The number of aromatic amines is 1. The van der Waals surface area contributed by atoms with E-state index in [9.17, 15) is 0 Å². The van der Waals surface area contributed by atoms with E-state index in [1.807, 2.05) is 24.4 Å². The summed E-state index contributed by atoms with van der Waals surface area (Å²) in [6.07, 6.45) is 1.82. The zero-order valence-electron chi connectivity index (χ0n) is 10.1. The molecule has 0 saturated carbocycles. The van der Waals surface area contributed by atoms with Crippen LogP contribution in [0, 0.1) is 0 Å². The number of hydrogen-bond acceptors (Lipinski definition) is 5. The first-order valence-corrected chi connectivity index (χ1v) is 5.75. The van der Waals surface area contributed by atoms with E-state index >= 15 is 0 Å². The minimum atomic E-state index is 0.309. The fourth-order valence-electron chi connectivity index (χ4n) is 1.82. The second-order valence-electron chi connectivity index (χ2n) is 4.36. The van der Waals surface area contributed by atoms with Gasteiger partial charge in [0, 0.05) is 23.1 Å². The first kappa shape index (κ1) is 10.8. The maximum Gasteiger partial charge on any atom is 0.205 e. The van der Waals surface area contributed by atoms with E-state index in [-0.39, 0.29) is 0 Å². The van der Waals surface area contributed by atoms with Gasteiger partial charge in [-0.2, -0.15) is 5.21 Å². The highest BCUT2D eigenvalue weighted by atomic mass is 15.5. The number of tetrazole rings is 1. The molecule has 3 aromatic rings. The Morgan fingerprint density at radius 1 is 1.22 bits per heavy atom. The third kappa shape index (κ3) is 1.71. The summed E-state index contributed by atoms with van der Waals surface area (Å²) in [4.78, 5) is 8.93. The van der Waals surface area contributed by atoms with Crippen LogP contribution >= 0.6 is 0 Å². The Hall–Kier alpha value is -2.37. The molecule has 90 valence electrons. The van der Waals surface area contributed by atoms with Crippen molar-refractivity contribution in [2.45, 2.75) is 19.8 Å². The molecule has 0 bridgehead atoms. The van der Waals surface area contributed by atoms with Crippen LogP contribution in [0.25, 0.3) is 22.3 Å². The SMILES string of the molecule is CC(C)c1ncc2c(-c3nn[nH]n3)cccc2n1. The predicted octanol–water partition coefficient (Wildman–Crippen LogP) is 1.93. The van der Waals surface area contributed by atoms with Crippen molar-refractivity contribution in [3.63, 3.8) is 0 Å². The summed E-state index contributed by atoms with van der Waals surface area (Å²) in [7, 11) is 0. The molecule has 1 N–H and O–H groups in total. The van der Waals surface area contributed by atoms with Crippen molar-refractivity contribution in [1.82, 2.24) is 30.6 Å². The van der Waals surface area contributed by atoms with Crippen LogP contribution in [0.4, 0.5) is 0 Å². The second kappa shape index (κ2) is 4.14. The van der Waals surface area contributed by atoms with Gasteiger partial charge in [0.15, 0.2) is 0 Å². The van der Waals surface area contributed by atoms with Crippen LogP contribution in [0.1, 0.15) is 25.6 Å². The van der Waals surface area contributed by atoms with Gasteiger partial charge in [0.2, 0.25) is 5.82 Å². The smallest absolute Gasteiger partial charge is 0.205 e. The average molecular weight is 240 g/mol. The molecule has 0 atom stereocenters. The van der Waals surface area contributed by atoms with Gasteiger partial charge < -0.3 is 0 Å². The van der Waals surface area contributed by atoms with E-state index in [1.54, 1.807) is 0 Å². The lowest BCUT2D eigenvalue weighted by Gasteiger charge is -2.06.